The molecule has 1 atom stereocenters. The molecule has 0 radical (unpaired) electrons. The number of H-pyrrole nitrogens is 1. The molecule has 9 nitrogen and oxygen atoms in total. The first kappa shape index (κ1) is 21.2. The average molecular weight is 521 g/mol. The van der Waals surface area contributed by atoms with Gasteiger partial charge in [0.05, 0.1) is 27.2 Å². The first-order chi connectivity index (χ1) is 15.7. The fraction of sp³-hybridized carbons (Fsp3) is 0.136. The average Bonchev–Trinajstić information content (AvgIpc) is 3.38. The van der Waals surface area contributed by atoms with Crippen molar-refractivity contribution in [2.75, 3.05) is 11.4 Å². The van der Waals surface area contributed by atoms with Crippen LogP contribution < -0.4 is 10.5 Å². The van der Waals surface area contributed by atoms with Crippen molar-refractivity contribution in [3.8, 4) is 11.8 Å². The van der Waals surface area contributed by atoms with Crippen LogP contribution in [0.4, 0.5) is 5.82 Å². The molecule has 0 aliphatic carbocycles. The highest BCUT2D eigenvalue weighted by Crippen LogP contribution is 2.39. The van der Waals surface area contributed by atoms with E-state index in [0.717, 1.165) is 18.7 Å². The summed E-state index contributed by atoms with van der Waals surface area (Å²) in [6, 6.07) is 13.3. The zero-order valence-corrected chi connectivity index (χ0v) is 19.7. The monoisotopic (exact) mass is 520 g/mol. The van der Waals surface area contributed by atoms with E-state index in [-0.39, 0.29) is 25.1 Å². The van der Waals surface area contributed by atoms with Gasteiger partial charge in [0.1, 0.15) is 29.4 Å². The number of anilines is 1. The molecule has 4 aromatic heterocycles. The first-order valence-corrected chi connectivity index (χ1v) is 10.8. The van der Waals surface area contributed by atoms with E-state index in [9.17, 15) is 10.1 Å². The number of fused-ring (bicyclic) bond motifs is 2. The van der Waals surface area contributed by atoms with Crippen molar-refractivity contribution < 1.29 is 0 Å². The van der Waals surface area contributed by atoms with Crippen molar-refractivity contribution in [1.82, 2.24) is 29.1 Å². The third-order valence-corrected chi connectivity index (χ3v) is 6.48. The Kier molecular flexibility index (Phi) is 5.19. The van der Waals surface area contributed by atoms with Gasteiger partial charge in [-0.3, -0.25) is 9.36 Å². The molecule has 1 fully saturated rings. The summed E-state index contributed by atoms with van der Waals surface area (Å²) >= 11 is 3.47. The van der Waals surface area contributed by atoms with Crippen molar-refractivity contribution in [3.05, 3.63) is 81.3 Å². The SMILES string of the molecule is N#Cc1c[nH]c2ncnc(N3CC[C@H]3c3nn4ccc(Br)c4c(=O)n3-c3ccccc3)c12.S. The normalized spacial score (nSPS) is 15.3. The van der Waals surface area contributed by atoms with Crippen LogP contribution in [0.1, 0.15) is 23.9 Å². The number of hydrogen-bond acceptors (Lipinski definition) is 6. The van der Waals surface area contributed by atoms with E-state index < -0.39 is 0 Å². The van der Waals surface area contributed by atoms with E-state index in [1.165, 1.54) is 6.33 Å². The summed E-state index contributed by atoms with van der Waals surface area (Å²) in [6.07, 6.45) is 5.68. The van der Waals surface area contributed by atoms with Gasteiger partial charge in [-0.1, -0.05) is 18.2 Å². The minimum absolute atomic E-state index is 0. The van der Waals surface area contributed by atoms with Crippen molar-refractivity contribution >= 4 is 51.8 Å². The topological polar surface area (TPSA) is 108 Å². The van der Waals surface area contributed by atoms with Gasteiger partial charge in [-0.15, -0.1) is 0 Å². The van der Waals surface area contributed by atoms with E-state index >= 15 is 0 Å². The van der Waals surface area contributed by atoms with E-state index in [0.29, 0.717) is 38.2 Å². The number of aromatic nitrogens is 6. The molecular formula is C22H17BrN8OS. The maximum Gasteiger partial charge on any atom is 0.283 e. The van der Waals surface area contributed by atoms with Crippen LogP contribution in [0.3, 0.4) is 0 Å². The quantitative estimate of drug-likeness (QED) is 0.390. The number of nitrogens with one attached hydrogen (secondary N) is 1. The maximum atomic E-state index is 13.6. The zero-order valence-electron chi connectivity index (χ0n) is 17.1. The largest absolute Gasteiger partial charge is 0.345 e. The van der Waals surface area contributed by atoms with Crippen LogP contribution in [0.25, 0.3) is 22.2 Å². The second-order valence-corrected chi connectivity index (χ2v) is 8.38. The molecule has 5 aromatic rings. The molecule has 1 N–H and O–H groups in total. The lowest BCUT2D eigenvalue weighted by atomic mass is 10.0. The molecule has 1 aliphatic rings. The van der Waals surface area contributed by atoms with Gasteiger partial charge in [-0.25, -0.2) is 14.5 Å². The van der Waals surface area contributed by atoms with E-state index in [1.54, 1.807) is 21.5 Å². The fourth-order valence-corrected chi connectivity index (χ4v) is 4.72. The highest BCUT2D eigenvalue weighted by Gasteiger charge is 2.37. The Labute approximate surface area is 202 Å². The van der Waals surface area contributed by atoms with E-state index in [2.05, 4.69) is 41.9 Å². The van der Waals surface area contributed by atoms with Crippen LogP contribution in [0.5, 0.6) is 0 Å². The smallest absolute Gasteiger partial charge is 0.283 e. The van der Waals surface area contributed by atoms with Gasteiger partial charge in [0.15, 0.2) is 5.82 Å². The number of halogens is 1. The molecule has 1 aliphatic heterocycles. The molecule has 0 saturated carbocycles. The Bertz CT molecular complexity index is 1600. The van der Waals surface area contributed by atoms with Gasteiger partial charge in [0.25, 0.3) is 5.56 Å². The van der Waals surface area contributed by atoms with Gasteiger partial charge in [-0.05, 0) is 40.5 Å². The van der Waals surface area contributed by atoms with Crippen LogP contribution in [-0.4, -0.2) is 35.7 Å². The predicted octanol–water partition coefficient (Wildman–Crippen LogP) is 3.45. The summed E-state index contributed by atoms with van der Waals surface area (Å²) in [5.41, 5.74) is 2.16. The van der Waals surface area contributed by atoms with E-state index in [4.69, 9.17) is 5.10 Å². The third-order valence-electron chi connectivity index (χ3n) is 5.84. The molecule has 33 heavy (non-hydrogen) atoms. The first-order valence-electron chi connectivity index (χ1n) is 10.0. The lowest BCUT2D eigenvalue weighted by Gasteiger charge is -2.42. The summed E-state index contributed by atoms with van der Waals surface area (Å²) in [4.78, 5) is 27.4. The van der Waals surface area contributed by atoms with Gasteiger partial charge in [0, 0.05) is 18.9 Å². The Morgan fingerprint density at radius 1 is 1.18 bits per heavy atom. The standard InChI is InChI=1S/C22H15BrN8O.H2S/c23-15-6-9-30-18(15)22(32)31(14-4-2-1-3-5-14)20(28-30)16-7-8-29(16)21-17-13(10-24)11-25-19(17)26-12-27-21;/h1-6,9,11-12,16H,7-8H2,(H,25,26,27);1H2/t16-;/m0./s1. The highest BCUT2D eigenvalue weighted by molar-refractivity contribution is 9.10. The maximum absolute atomic E-state index is 13.6. The predicted molar refractivity (Wildman–Crippen MR) is 132 cm³/mol. The Balaban J connectivity index is 0.00000228. The minimum atomic E-state index is -0.187. The Morgan fingerprint density at radius 3 is 2.73 bits per heavy atom. The van der Waals surface area contributed by atoms with Crippen LogP contribution >= 0.6 is 29.4 Å². The highest BCUT2D eigenvalue weighted by atomic mass is 79.9. The number of nitriles is 1. The van der Waals surface area contributed by atoms with Crippen LogP contribution in [0, 0.1) is 11.3 Å². The summed E-state index contributed by atoms with van der Waals surface area (Å²) in [7, 11) is 0. The summed E-state index contributed by atoms with van der Waals surface area (Å²) in [5, 5.41) is 15.1. The van der Waals surface area contributed by atoms with Gasteiger partial charge < -0.3 is 9.88 Å². The van der Waals surface area contributed by atoms with Crippen LogP contribution in [0.2, 0.25) is 0 Å². The summed E-state index contributed by atoms with van der Waals surface area (Å²) in [6.45, 7) is 0.727. The number of benzene rings is 1. The lowest BCUT2D eigenvalue weighted by Crippen LogP contribution is -2.45. The second kappa shape index (κ2) is 8.06. The molecule has 6 rings (SSSR count). The number of rotatable bonds is 3. The number of aromatic amines is 1. The van der Waals surface area contributed by atoms with Gasteiger partial charge >= 0.3 is 0 Å². The summed E-state index contributed by atoms with van der Waals surface area (Å²) in [5.74, 6) is 1.27. The molecule has 164 valence electrons. The van der Waals surface area contributed by atoms with Crippen molar-refractivity contribution in [3.63, 3.8) is 0 Å². The minimum Gasteiger partial charge on any atom is -0.345 e. The van der Waals surface area contributed by atoms with Gasteiger partial charge in [-0.2, -0.15) is 23.9 Å². The Morgan fingerprint density at radius 2 is 2.00 bits per heavy atom. The van der Waals surface area contributed by atoms with Crippen molar-refractivity contribution in [1.29, 1.82) is 5.26 Å². The summed E-state index contributed by atoms with van der Waals surface area (Å²) < 4.78 is 3.97. The number of nitrogens with zero attached hydrogens (tertiary/aromatic N) is 7. The van der Waals surface area contributed by atoms with E-state index in [1.807, 2.05) is 36.4 Å². The van der Waals surface area contributed by atoms with Crippen molar-refractivity contribution in [2.45, 2.75) is 12.5 Å². The molecule has 5 heterocycles. The Hall–Kier alpha value is -3.62. The molecule has 0 bridgehead atoms. The molecule has 1 aromatic carbocycles. The molecule has 0 amide bonds. The molecule has 0 unspecified atom stereocenters. The molecule has 11 heteroatoms. The number of hydrogen-bond donors (Lipinski definition) is 1. The zero-order chi connectivity index (χ0) is 21.8. The van der Waals surface area contributed by atoms with Crippen LogP contribution in [-0.2, 0) is 0 Å². The lowest BCUT2D eigenvalue weighted by molar-refractivity contribution is 0.424. The van der Waals surface area contributed by atoms with Crippen molar-refractivity contribution in [2.24, 2.45) is 0 Å². The van der Waals surface area contributed by atoms with Gasteiger partial charge in [0.2, 0.25) is 0 Å². The number of para-hydroxylation sites is 1. The third kappa shape index (κ3) is 3.13. The second-order valence-electron chi connectivity index (χ2n) is 7.52. The molecule has 0 spiro atoms. The van der Waals surface area contributed by atoms with Crippen LogP contribution in [0.15, 0.2) is 64.4 Å². The molecule has 1 saturated heterocycles. The molecular weight excluding hydrogens is 504 g/mol. The fourth-order valence-electron chi connectivity index (χ4n) is 4.25.